The van der Waals surface area contributed by atoms with Gasteiger partial charge in [0.15, 0.2) is 0 Å². The third-order valence-corrected chi connectivity index (χ3v) is 3.28. The highest BCUT2D eigenvalue weighted by Crippen LogP contribution is 2.25. The smallest absolute Gasteiger partial charge is 0.251 e. The molecular formula is C17H20N2O2. The summed E-state index contributed by atoms with van der Waals surface area (Å²) < 4.78 is 5.36. The van der Waals surface area contributed by atoms with Gasteiger partial charge in [-0.15, -0.1) is 0 Å². The molecule has 2 aromatic carbocycles. The molecule has 0 bridgehead atoms. The number of carbonyl (C=O) groups excluding carboxylic acids is 1. The highest BCUT2D eigenvalue weighted by Gasteiger charge is 2.04. The average molecular weight is 284 g/mol. The zero-order valence-electron chi connectivity index (χ0n) is 12.6. The zero-order valence-corrected chi connectivity index (χ0v) is 12.6. The van der Waals surface area contributed by atoms with E-state index in [0.717, 1.165) is 22.6 Å². The molecule has 0 aliphatic carbocycles. The van der Waals surface area contributed by atoms with Crippen molar-refractivity contribution >= 4 is 11.6 Å². The number of hydrogen-bond donors (Lipinski definition) is 2. The predicted octanol–water partition coefficient (Wildman–Crippen LogP) is 2.98. The molecule has 2 aromatic rings. The summed E-state index contributed by atoms with van der Waals surface area (Å²) in [6, 6.07) is 13.6. The fourth-order valence-electron chi connectivity index (χ4n) is 2.06. The first kappa shape index (κ1) is 14.9. The molecule has 0 heterocycles. The van der Waals surface area contributed by atoms with Crippen LogP contribution in [-0.2, 0) is 6.54 Å². The van der Waals surface area contributed by atoms with Crippen molar-refractivity contribution in [3.63, 3.8) is 0 Å². The number of carbonyl (C=O) groups is 1. The number of amides is 1. The molecule has 0 radical (unpaired) electrons. The quantitative estimate of drug-likeness (QED) is 0.887. The molecule has 2 rings (SSSR count). The Morgan fingerprint density at radius 1 is 1.14 bits per heavy atom. The minimum absolute atomic E-state index is 0.0743. The number of ether oxygens (including phenoxy) is 1. The van der Waals surface area contributed by atoms with Crippen LogP contribution < -0.4 is 15.4 Å². The maximum absolute atomic E-state index is 11.5. The number of methoxy groups -OCH3 is 1. The predicted molar refractivity (Wildman–Crippen MR) is 84.9 cm³/mol. The van der Waals surface area contributed by atoms with Crippen molar-refractivity contribution in [1.82, 2.24) is 5.32 Å². The fraction of sp³-hybridized carbons (Fsp3) is 0.235. The van der Waals surface area contributed by atoms with Crippen molar-refractivity contribution in [1.29, 1.82) is 0 Å². The van der Waals surface area contributed by atoms with Crippen LogP contribution in [0.25, 0.3) is 0 Å². The van der Waals surface area contributed by atoms with E-state index in [1.165, 1.54) is 0 Å². The van der Waals surface area contributed by atoms with Gasteiger partial charge in [-0.2, -0.15) is 0 Å². The molecule has 0 spiro atoms. The second-order valence-corrected chi connectivity index (χ2v) is 4.83. The van der Waals surface area contributed by atoms with Gasteiger partial charge in [0.25, 0.3) is 5.91 Å². The van der Waals surface area contributed by atoms with Crippen LogP contribution in [0.1, 0.15) is 21.5 Å². The summed E-state index contributed by atoms with van der Waals surface area (Å²) in [5.41, 5.74) is 3.88. The Morgan fingerprint density at radius 2 is 1.86 bits per heavy atom. The van der Waals surface area contributed by atoms with Gasteiger partial charge >= 0.3 is 0 Å². The normalized spacial score (nSPS) is 10.0. The maximum atomic E-state index is 11.5. The van der Waals surface area contributed by atoms with E-state index in [0.29, 0.717) is 12.1 Å². The van der Waals surface area contributed by atoms with Gasteiger partial charge in [-0.3, -0.25) is 4.79 Å². The highest BCUT2D eigenvalue weighted by atomic mass is 16.5. The van der Waals surface area contributed by atoms with E-state index >= 15 is 0 Å². The first-order chi connectivity index (χ1) is 10.1. The number of hydrogen-bond acceptors (Lipinski definition) is 3. The molecule has 0 aliphatic heterocycles. The molecule has 4 nitrogen and oxygen atoms in total. The van der Waals surface area contributed by atoms with E-state index in [2.05, 4.69) is 10.6 Å². The van der Waals surface area contributed by atoms with Crippen LogP contribution in [0.4, 0.5) is 5.69 Å². The fourth-order valence-corrected chi connectivity index (χ4v) is 2.06. The summed E-state index contributed by atoms with van der Waals surface area (Å²) in [6.07, 6.45) is 0. The van der Waals surface area contributed by atoms with Gasteiger partial charge in [-0.05, 0) is 42.3 Å². The monoisotopic (exact) mass is 284 g/mol. The maximum Gasteiger partial charge on any atom is 0.251 e. The molecule has 0 aromatic heterocycles. The van der Waals surface area contributed by atoms with E-state index in [-0.39, 0.29) is 5.91 Å². The van der Waals surface area contributed by atoms with Crippen LogP contribution in [0, 0.1) is 6.92 Å². The number of rotatable bonds is 5. The number of benzene rings is 2. The molecule has 0 fully saturated rings. The van der Waals surface area contributed by atoms with Gasteiger partial charge in [-0.25, -0.2) is 0 Å². The third-order valence-electron chi connectivity index (χ3n) is 3.28. The van der Waals surface area contributed by atoms with E-state index in [1.54, 1.807) is 14.2 Å². The summed E-state index contributed by atoms with van der Waals surface area (Å²) >= 11 is 0. The summed E-state index contributed by atoms with van der Waals surface area (Å²) in [5, 5.41) is 5.95. The Labute approximate surface area is 125 Å². The van der Waals surface area contributed by atoms with E-state index in [1.807, 2.05) is 49.4 Å². The molecule has 0 saturated carbocycles. The first-order valence-corrected chi connectivity index (χ1v) is 6.83. The lowest BCUT2D eigenvalue weighted by Crippen LogP contribution is -2.17. The van der Waals surface area contributed by atoms with Crippen molar-refractivity contribution in [2.24, 2.45) is 0 Å². The first-order valence-electron chi connectivity index (χ1n) is 6.83. The molecule has 0 saturated heterocycles. The number of aryl methyl sites for hydroxylation is 1. The van der Waals surface area contributed by atoms with Crippen molar-refractivity contribution in [2.75, 3.05) is 19.5 Å². The van der Waals surface area contributed by atoms with Crippen molar-refractivity contribution in [2.45, 2.75) is 13.5 Å². The van der Waals surface area contributed by atoms with Crippen molar-refractivity contribution in [3.8, 4) is 5.75 Å². The molecule has 2 N–H and O–H groups in total. The molecule has 110 valence electrons. The van der Waals surface area contributed by atoms with Crippen LogP contribution in [0.3, 0.4) is 0 Å². The van der Waals surface area contributed by atoms with Crippen LogP contribution in [0.5, 0.6) is 5.75 Å². The minimum atomic E-state index is -0.0743. The lowest BCUT2D eigenvalue weighted by atomic mass is 10.1. The average Bonchev–Trinajstić information content (AvgIpc) is 2.53. The van der Waals surface area contributed by atoms with Gasteiger partial charge in [0.2, 0.25) is 0 Å². The van der Waals surface area contributed by atoms with Crippen LogP contribution in [0.15, 0.2) is 42.5 Å². The Balaban J connectivity index is 2.05. The standard InChI is InChI=1S/C17H20N2O2/c1-12-4-9-15(16(10-12)21-3)19-11-13-5-7-14(8-6-13)17(20)18-2/h4-10,19H,11H2,1-3H3,(H,18,20). The topological polar surface area (TPSA) is 50.4 Å². The van der Waals surface area contributed by atoms with E-state index in [9.17, 15) is 4.79 Å². The summed E-state index contributed by atoms with van der Waals surface area (Å²) in [5.74, 6) is 0.756. The van der Waals surface area contributed by atoms with Crippen molar-refractivity contribution in [3.05, 3.63) is 59.2 Å². The second kappa shape index (κ2) is 6.79. The summed E-state index contributed by atoms with van der Waals surface area (Å²) in [7, 11) is 3.29. The van der Waals surface area contributed by atoms with Gasteiger partial charge in [0, 0.05) is 19.2 Å². The van der Waals surface area contributed by atoms with Crippen molar-refractivity contribution < 1.29 is 9.53 Å². The van der Waals surface area contributed by atoms with E-state index in [4.69, 9.17) is 4.74 Å². The van der Waals surface area contributed by atoms with Gasteiger partial charge in [-0.1, -0.05) is 18.2 Å². The lowest BCUT2D eigenvalue weighted by Gasteiger charge is -2.12. The largest absolute Gasteiger partial charge is 0.495 e. The second-order valence-electron chi connectivity index (χ2n) is 4.83. The Bertz CT molecular complexity index is 621. The molecular weight excluding hydrogens is 264 g/mol. The molecule has 21 heavy (non-hydrogen) atoms. The SMILES string of the molecule is CNC(=O)c1ccc(CNc2ccc(C)cc2OC)cc1. The Hall–Kier alpha value is -2.49. The Morgan fingerprint density at radius 3 is 2.48 bits per heavy atom. The number of anilines is 1. The zero-order chi connectivity index (χ0) is 15.2. The summed E-state index contributed by atoms with van der Waals surface area (Å²) in [4.78, 5) is 11.5. The van der Waals surface area contributed by atoms with Crippen LogP contribution in [-0.4, -0.2) is 20.1 Å². The van der Waals surface area contributed by atoms with Gasteiger partial charge < -0.3 is 15.4 Å². The summed E-state index contributed by atoms with van der Waals surface area (Å²) in [6.45, 7) is 2.71. The van der Waals surface area contributed by atoms with Gasteiger partial charge in [0.1, 0.15) is 5.75 Å². The van der Waals surface area contributed by atoms with Crippen LogP contribution in [0.2, 0.25) is 0 Å². The molecule has 0 unspecified atom stereocenters. The van der Waals surface area contributed by atoms with Crippen LogP contribution >= 0.6 is 0 Å². The molecule has 0 aliphatic rings. The van der Waals surface area contributed by atoms with Gasteiger partial charge in [0.05, 0.1) is 12.8 Å². The molecule has 0 atom stereocenters. The number of nitrogens with one attached hydrogen (secondary N) is 2. The molecule has 1 amide bonds. The Kier molecular flexibility index (Phi) is 4.82. The lowest BCUT2D eigenvalue weighted by molar-refractivity contribution is 0.0963. The van der Waals surface area contributed by atoms with E-state index < -0.39 is 0 Å². The minimum Gasteiger partial charge on any atom is -0.495 e. The molecule has 4 heteroatoms. The highest BCUT2D eigenvalue weighted by molar-refractivity contribution is 5.93. The third kappa shape index (κ3) is 3.75.